The van der Waals surface area contributed by atoms with Crippen LogP contribution in [0.2, 0.25) is 5.02 Å². The number of piperidine rings is 1. The molecule has 0 aliphatic carbocycles. The maximum atomic E-state index is 13.1. The van der Waals surface area contributed by atoms with Crippen LogP contribution >= 0.6 is 11.6 Å². The van der Waals surface area contributed by atoms with Gasteiger partial charge in [0, 0.05) is 36.3 Å². The molecule has 0 saturated carbocycles. The van der Waals surface area contributed by atoms with E-state index >= 15 is 0 Å². The number of nitrogens with one attached hydrogen (secondary N) is 1. The molecular formula is C26H36ClN3O3S. The van der Waals surface area contributed by atoms with Crippen molar-refractivity contribution >= 4 is 27.4 Å². The summed E-state index contributed by atoms with van der Waals surface area (Å²) in [7, 11) is -3.60. The van der Waals surface area contributed by atoms with Crippen LogP contribution in [0.1, 0.15) is 55.6 Å². The number of rotatable bonds is 11. The number of halogens is 1. The maximum absolute atomic E-state index is 13.1. The van der Waals surface area contributed by atoms with Crippen LogP contribution in [0, 0.1) is 5.92 Å². The first-order chi connectivity index (χ1) is 16.3. The van der Waals surface area contributed by atoms with Crippen molar-refractivity contribution < 1.29 is 13.2 Å². The summed E-state index contributed by atoms with van der Waals surface area (Å²) in [4.78, 5) is 15.4. The molecule has 0 bridgehead atoms. The lowest BCUT2D eigenvalue weighted by Crippen LogP contribution is -2.39. The maximum Gasteiger partial charge on any atom is 0.243 e. The van der Waals surface area contributed by atoms with E-state index in [1.54, 1.807) is 22.5 Å². The lowest BCUT2D eigenvalue weighted by molar-refractivity contribution is 0.0986. The molecule has 0 spiro atoms. The molecule has 6 nitrogen and oxygen atoms in total. The molecule has 2 aromatic rings. The third-order valence-corrected chi connectivity index (χ3v) is 8.66. The highest BCUT2D eigenvalue weighted by molar-refractivity contribution is 7.89. The highest BCUT2D eigenvalue weighted by Gasteiger charge is 2.29. The predicted molar refractivity (Wildman–Crippen MR) is 138 cm³/mol. The van der Waals surface area contributed by atoms with Crippen LogP contribution in [0.4, 0.5) is 0 Å². The zero-order valence-electron chi connectivity index (χ0n) is 20.3. The molecule has 3 rings (SSSR count). The Hall–Kier alpha value is -1.77. The van der Waals surface area contributed by atoms with Gasteiger partial charge in [-0.3, -0.25) is 9.69 Å². The van der Waals surface area contributed by atoms with Gasteiger partial charge in [-0.2, -0.15) is 4.31 Å². The molecule has 8 heteroatoms. The molecule has 1 aliphatic rings. The van der Waals surface area contributed by atoms with E-state index in [-0.39, 0.29) is 23.3 Å². The first-order valence-corrected chi connectivity index (χ1v) is 13.9. The Balaban J connectivity index is 1.67. The van der Waals surface area contributed by atoms with E-state index in [0.717, 1.165) is 31.5 Å². The van der Waals surface area contributed by atoms with Gasteiger partial charge in [-0.1, -0.05) is 56.6 Å². The van der Waals surface area contributed by atoms with Crippen molar-refractivity contribution in [1.82, 2.24) is 14.5 Å². The highest BCUT2D eigenvalue weighted by Crippen LogP contribution is 2.24. The number of nitrogens with zero attached hydrogens (tertiary/aromatic N) is 2. The van der Waals surface area contributed by atoms with Crippen molar-refractivity contribution in [2.75, 3.05) is 39.3 Å². The molecule has 1 saturated heterocycles. The summed E-state index contributed by atoms with van der Waals surface area (Å²) >= 11 is 6.06. The van der Waals surface area contributed by atoms with Gasteiger partial charge >= 0.3 is 0 Å². The molecule has 1 heterocycles. The summed E-state index contributed by atoms with van der Waals surface area (Å²) < 4.78 is 27.8. The van der Waals surface area contributed by atoms with E-state index in [2.05, 4.69) is 31.0 Å². The van der Waals surface area contributed by atoms with E-state index in [1.807, 2.05) is 24.3 Å². The number of hydrogen-bond acceptors (Lipinski definition) is 5. The van der Waals surface area contributed by atoms with Gasteiger partial charge in [0.05, 0.1) is 11.4 Å². The fourth-order valence-corrected chi connectivity index (χ4v) is 6.35. The predicted octanol–water partition coefficient (Wildman–Crippen LogP) is 4.62. The largest absolute Gasteiger partial charge is 0.308 e. The molecule has 1 aliphatic heterocycles. The number of carbonyl (C=O) groups is 1. The van der Waals surface area contributed by atoms with Gasteiger partial charge in [0.1, 0.15) is 0 Å². The lowest BCUT2D eigenvalue weighted by atomic mass is 10.0. The van der Waals surface area contributed by atoms with E-state index in [4.69, 9.17) is 11.6 Å². The first kappa shape index (κ1) is 26.8. The van der Waals surface area contributed by atoms with Crippen molar-refractivity contribution in [3.05, 3.63) is 64.7 Å². The molecule has 0 aromatic heterocycles. The molecule has 1 fully saturated rings. The van der Waals surface area contributed by atoms with Crippen LogP contribution in [0.25, 0.3) is 0 Å². The number of likely N-dealkylation sites (N-methyl/N-ethyl adjacent to an activating group) is 1. The first-order valence-electron chi connectivity index (χ1n) is 12.1. The van der Waals surface area contributed by atoms with Gasteiger partial charge in [0.2, 0.25) is 10.0 Å². The van der Waals surface area contributed by atoms with Gasteiger partial charge in [-0.05, 0) is 61.7 Å². The zero-order valence-corrected chi connectivity index (χ0v) is 21.9. The minimum atomic E-state index is -3.60. The van der Waals surface area contributed by atoms with Crippen LogP contribution in [0.5, 0.6) is 0 Å². The second kappa shape index (κ2) is 12.3. The Morgan fingerprint density at radius 3 is 2.53 bits per heavy atom. The number of benzene rings is 2. The lowest BCUT2D eigenvalue weighted by Gasteiger charge is -2.30. The molecule has 1 N–H and O–H groups in total. The Labute approximate surface area is 209 Å². The number of hydrogen-bond donors (Lipinski definition) is 1. The van der Waals surface area contributed by atoms with Gasteiger partial charge < -0.3 is 5.32 Å². The van der Waals surface area contributed by atoms with E-state index in [0.29, 0.717) is 36.1 Å². The van der Waals surface area contributed by atoms with Crippen LogP contribution in [-0.2, 0) is 10.0 Å². The Morgan fingerprint density at radius 2 is 1.88 bits per heavy atom. The highest BCUT2D eigenvalue weighted by atomic mass is 35.5. The topological polar surface area (TPSA) is 69.7 Å². The average molecular weight is 506 g/mol. The van der Waals surface area contributed by atoms with Gasteiger partial charge in [0.15, 0.2) is 5.78 Å². The van der Waals surface area contributed by atoms with Gasteiger partial charge in [-0.25, -0.2) is 8.42 Å². The van der Waals surface area contributed by atoms with E-state index in [1.165, 1.54) is 6.07 Å². The summed E-state index contributed by atoms with van der Waals surface area (Å²) in [5.74, 6) is 0.218. The smallest absolute Gasteiger partial charge is 0.243 e. The van der Waals surface area contributed by atoms with Crippen molar-refractivity contribution in [1.29, 1.82) is 0 Å². The van der Waals surface area contributed by atoms with Crippen molar-refractivity contribution in [2.45, 2.75) is 44.6 Å². The number of ketones is 1. The average Bonchev–Trinajstić information content (AvgIpc) is 2.84. The normalized spacial score (nSPS) is 18.2. The fraction of sp³-hybridized carbons (Fsp3) is 0.500. The van der Waals surface area contributed by atoms with E-state index in [9.17, 15) is 13.2 Å². The van der Waals surface area contributed by atoms with Crippen LogP contribution in [0.3, 0.4) is 0 Å². The van der Waals surface area contributed by atoms with Crippen LogP contribution in [0.15, 0.2) is 53.4 Å². The monoisotopic (exact) mass is 505 g/mol. The zero-order chi connectivity index (χ0) is 24.7. The molecular weight excluding hydrogens is 470 g/mol. The molecule has 0 radical (unpaired) electrons. The second-order valence-corrected chi connectivity index (χ2v) is 11.4. The number of carbonyl (C=O) groups excluding carboxylic acids is 1. The molecule has 34 heavy (non-hydrogen) atoms. The number of Topliss-reactive ketones (excluding diaryl/α,β-unsaturated/α-hetero) is 1. The second-order valence-electron chi connectivity index (χ2n) is 8.98. The minimum Gasteiger partial charge on any atom is -0.308 e. The summed E-state index contributed by atoms with van der Waals surface area (Å²) in [6.07, 6.45) is 1.91. The summed E-state index contributed by atoms with van der Waals surface area (Å²) in [6.45, 7) is 9.86. The van der Waals surface area contributed by atoms with Crippen molar-refractivity contribution in [3.63, 3.8) is 0 Å². The molecule has 0 amide bonds. The molecule has 2 atom stereocenters. The minimum absolute atomic E-state index is 0.105. The van der Waals surface area contributed by atoms with Crippen molar-refractivity contribution in [2.24, 2.45) is 5.92 Å². The molecule has 2 unspecified atom stereocenters. The SMILES string of the molecule is CCN(CC)C(CNCC(=O)c1cccc(S(=O)(=O)N2CCCC(C)C2)c1)c1ccc(Cl)cc1. The Morgan fingerprint density at radius 1 is 1.18 bits per heavy atom. The van der Waals surface area contributed by atoms with Gasteiger partial charge in [0.25, 0.3) is 0 Å². The van der Waals surface area contributed by atoms with Crippen LogP contribution < -0.4 is 5.32 Å². The number of sulfonamides is 1. The fourth-order valence-electron chi connectivity index (χ4n) is 4.58. The third-order valence-electron chi connectivity index (χ3n) is 6.54. The Bertz CT molecular complexity index is 1060. The summed E-state index contributed by atoms with van der Waals surface area (Å²) in [5, 5.41) is 3.98. The Kier molecular flexibility index (Phi) is 9.68. The van der Waals surface area contributed by atoms with Crippen LogP contribution in [-0.4, -0.2) is 62.7 Å². The standard InChI is InChI=1S/C26H36ClN3O3S/c1-4-29(5-2)25(21-11-13-23(27)14-12-21)17-28-18-26(31)22-9-6-10-24(16-22)34(32,33)30-15-7-8-20(3)19-30/h6,9-14,16,20,25,28H,4-5,7-8,15,17-19H2,1-3H3. The summed E-state index contributed by atoms with van der Waals surface area (Å²) in [6, 6.07) is 14.3. The van der Waals surface area contributed by atoms with Gasteiger partial charge in [-0.15, -0.1) is 0 Å². The third kappa shape index (κ3) is 6.67. The quantitative estimate of drug-likeness (QED) is 0.451. The molecule has 186 valence electrons. The summed E-state index contributed by atoms with van der Waals surface area (Å²) in [5.41, 5.74) is 1.54. The molecule has 2 aromatic carbocycles. The van der Waals surface area contributed by atoms with Crippen molar-refractivity contribution in [3.8, 4) is 0 Å². The van der Waals surface area contributed by atoms with E-state index < -0.39 is 10.0 Å².